The van der Waals surface area contributed by atoms with Crippen molar-refractivity contribution < 1.29 is 4.52 Å². The molecule has 0 aliphatic carbocycles. The number of rotatable bonds is 5. The molecule has 0 bridgehead atoms. The molecule has 2 aromatic heterocycles. The predicted molar refractivity (Wildman–Crippen MR) is 79.7 cm³/mol. The molecule has 0 aliphatic heterocycles. The van der Waals surface area contributed by atoms with Gasteiger partial charge in [-0.05, 0) is 36.6 Å². The minimum atomic E-state index is 0.717. The molecule has 0 atom stereocenters. The van der Waals surface area contributed by atoms with E-state index in [1.807, 2.05) is 13.0 Å². The smallest absolute Gasteiger partial charge is 0.156 e. The first kappa shape index (κ1) is 12.9. The summed E-state index contributed by atoms with van der Waals surface area (Å²) >= 11 is 0. The summed E-state index contributed by atoms with van der Waals surface area (Å²) in [6.45, 7) is 6.66. The van der Waals surface area contributed by atoms with Gasteiger partial charge in [-0.3, -0.25) is 0 Å². The summed E-state index contributed by atoms with van der Waals surface area (Å²) in [5.41, 5.74) is 3.45. The van der Waals surface area contributed by atoms with Crippen molar-refractivity contribution in [3.8, 4) is 0 Å². The van der Waals surface area contributed by atoms with E-state index >= 15 is 0 Å². The number of nitrogens with one attached hydrogen (secondary N) is 1. The van der Waals surface area contributed by atoms with Crippen molar-refractivity contribution in [2.45, 2.75) is 26.9 Å². The van der Waals surface area contributed by atoms with E-state index in [-0.39, 0.29) is 0 Å². The molecule has 4 nitrogen and oxygen atoms in total. The molecule has 0 fully saturated rings. The minimum Gasteiger partial charge on any atom is -0.359 e. The third-order valence-corrected chi connectivity index (χ3v) is 3.42. The van der Waals surface area contributed by atoms with Crippen molar-refractivity contribution in [1.29, 1.82) is 0 Å². The molecule has 3 aromatic rings. The fourth-order valence-corrected chi connectivity index (χ4v) is 2.41. The van der Waals surface area contributed by atoms with Crippen molar-refractivity contribution in [2.24, 2.45) is 0 Å². The van der Waals surface area contributed by atoms with Crippen LogP contribution in [0.1, 0.15) is 23.9 Å². The molecule has 0 saturated heterocycles. The second-order valence-corrected chi connectivity index (χ2v) is 5.05. The highest BCUT2D eigenvalue weighted by atomic mass is 16.5. The number of fused-ring (bicyclic) bond motifs is 1. The minimum absolute atomic E-state index is 0.717. The topological polar surface area (TPSA) is 43.0 Å². The Bertz CT molecular complexity index is 711. The summed E-state index contributed by atoms with van der Waals surface area (Å²) in [7, 11) is 0. The summed E-state index contributed by atoms with van der Waals surface area (Å²) in [5.74, 6) is 0.886. The van der Waals surface area contributed by atoms with Crippen LogP contribution in [0, 0.1) is 6.92 Å². The first-order valence-electron chi connectivity index (χ1n) is 6.97. The van der Waals surface area contributed by atoms with Gasteiger partial charge < -0.3 is 14.4 Å². The number of benzene rings is 1. The Kier molecular flexibility index (Phi) is 3.56. The highest BCUT2D eigenvalue weighted by Gasteiger charge is 2.06. The molecular weight excluding hydrogens is 250 g/mol. The van der Waals surface area contributed by atoms with E-state index in [0.717, 1.165) is 31.1 Å². The summed E-state index contributed by atoms with van der Waals surface area (Å²) in [6, 6.07) is 10.7. The van der Waals surface area contributed by atoms with Gasteiger partial charge in [-0.25, -0.2) is 0 Å². The van der Waals surface area contributed by atoms with Gasteiger partial charge in [0.2, 0.25) is 0 Å². The van der Waals surface area contributed by atoms with Crippen LogP contribution in [0.2, 0.25) is 0 Å². The van der Waals surface area contributed by atoms with Gasteiger partial charge in [-0.2, -0.15) is 0 Å². The molecule has 20 heavy (non-hydrogen) atoms. The van der Waals surface area contributed by atoms with Crippen LogP contribution in [-0.4, -0.2) is 16.3 Å². The Morgan fingerprint density at radius 3 is 2.90 bits per heavy atom. The standard InChI is InChI=1S/C16H19N3O/c1-3-17-10-13-4-5-14-6-7-19(16(14)9-13)11-15-8-12(2)18-20-15/h4-9,17H,3,10-11H2,1-2H3. The monoisotopic (exact) mass is 269 g/mol. The lowest BCUT2D eigenvalue weighted by atomic mass is 10.1. The zero-order valence-corrected chi connectivity index (χ0v) is 11.9. The molecule has 2 heterocycles. The summed E-state index contributed by atoms with van der Waals surface area (Å²) in [6.07, 6.45) is 2.10. The third-order valence-electron chi connectivity index (χ3n) is 3.42. The van der Waals surface area contributed by atoms with Crippen LogP contribution < -0.4 is 5.32 Å². The maximum atomic E-state index is 5.30. The van der Waals surface area contributed by atoms with Crippen LogP contribution in [0.25, 0.3) is 10.9 Å². The van der Waals surface area contributed by atoms with Crippen molar-refractivity contribution in [3.63, 3.8) is 0 Å². The molecule has 0 saturated carbocycles. The first-order valence-corrected chi connectivity index (χ1v) is 6.97. The highest BCUT2D eigenvalue weighted by Crippen LogP contribution is 2.19. The Balaban J connectivity index is 1.90. The molecule has 1 aromatic carbocycles. The van der Waals surface area contributed by atoms with E-state index < -0.39 is 0 Å². The van der Waals surface area contributed by atoms with Crippen molar-refractivity contribution in [3.05, 3.63) is 53.5 Å². The molecule has 3 rings (SSSR count). The molecular formula is C16H19N3O. The second-order valence-electron chi connectivity index (χ2n) is 5.05. The lowest BCUT2D eigenvalue weighted by molar-refractivity contribution is 0.374. The van der Waals surface area contributed by atoms with Crippen LogP contribution in [0.4, 0.5) is 0 Å². The molecule has 0 radical (unpaired) electrons. The van der Waals surface area contributed by atoms with Gasteiger partial charge >= 0.3 is 0 Å². The van der Waals surface area contributed by atoms with Crippen molar-refractivity contribution in [1.82, 2.24) is 15.0 Å². The Morgan fingerprint density at radius 1 is 1.25 bits per heavy atom. The molecule has 0 unspecified atom stereocenters. The van der Waals surface area contributed by atoms with E-state index in [1.165, 1.54) is 16.5 Å². The Morgan fingerprint density at radius 2 is 2.15 bits per heavy atom. The van der Waals surface area contributed by atoms with Crippen LogP contribution in [0.3, 0.4) is 0 Å². The zero-order chi connectivity index (χ0) is 13.9. The normalized spacial score (nSPS) is 11.3. The Labute approximate surface area is 118 Å². The van der Waals surface area contributed by atoms with E-state index in [9.17, 15) is 0 Å². The molecule has 104 valence electrons. The maximum Gasteiger partial charge on any atom is 0.156 e. The Hall–Kier alpha value is -2.07. The zero-order valence-electron chi connectivity index (χ0n) is 11.9. The fraction of sp³-hybridized carbons (Fsp3) is 0.312. The van der Waals surface area contributed by atoms with Crippen LogP contribution in [-0.2, 0) is 13.1 Å². The molecule has 0 spiro atoms. The molecule has 0 amide bonds. The third kappa shape index (κ3) is 2.60. The number of nitrogens with zero attached hydrogens (tertiary/aromatic N) is 2. The van der Waals surface area contributed by atoms with Gasteiger partial charge in [-0.15, -0.1) is 0 Å². The van der Waals surface area contributed by atoms with E-state index in [2.05, 4.69) is 52.4 Å². The quantitative estimate of drug-likeness (QED) is 0.774. The predicted octanol–water partition coefficient (Wildman–Crippen LogP) is 3.10. The maximum absolute atomic E-state index is 5.30. The van der Waals surface area contributed by atoms with Gasteiger partial charge in [0.25, 0.3) is 0 Å². The SMILES string of the molecule is CCNCc1ccc2ccn(Cc3cc(C)no3)c2c1. The number of aromatic nitrogens is 2. The van der Waals surface area contributed by atoms with Crippen molar-refractivity contribution in [2.75, 3.05) is 6.54 Å². The number of hydrogen-bond acceptors (Lipinski definition) is 3. The van der Waals surface area contributed by atoms with Gasteiger partial charge in [0.05, 0.1) is 12.2 Å². The summed E-state index contributed by atoms with van der Waals surface area (Å²) < 4.78 is 7.50. The number of aryl methyl sites for hydroxylation is 1. The van der Waals surface area contributed by atoms with Crippen LogP contribution >= 0.6 is 0 Å². The second kappa shape index (κ2) is 5.51. The van der Waals surface area contributed by atoms with Gasteiger partial charge in [0.1, 0.15) is 0 Å². The summed E-state index contributed by atoms with van der Waals surface area (Å²) in [4.78, 5) is 0. The van der Waals surface area contributed by atoms with Gasteiger partial charge in [0, 0.05) is 24.3 Å². The number of hydrogen-bond donors (Lipinski definition) is 1. The van der Waals surface area contributed by atoms with E-state index in [1.54, 1.807) is 0 Å². The van der Waals surface area contributed by atoms with Crippen molar-refractivity contribution >= 4 is 10.9 Å². The van der Waals surface area contributed by atoms with E-state index in [4.69, 9.17) is 4.52 Å². The summed E-state index contributed by atoms with van der Waals surface area (Å²) in [5, 5.41) is 8.54. The molecule has 1 N–H and O–H groups in total. The highest BCUT2D eigenvalue weighted by molar-refractivity contribution is 5.80. The lowest BCUT2D eigenvalue weighted by Gasteiger charge is -2.06. The largest absolute Gasteiger partial charge is 0.359 e. The average molecular weight is 269 g/mol. The van der Waals surface area contributed by atoms with E-state index in [0.29, 0.717) is 0 Å². The van der Waals surface area contributed by atoms with Gasteiger partial charge in [-0.1, -0.05) is 24.2 Å². The first-order chi connectivity index (χ1) is 9.76. The molecule has 0 aliphatic rings. The van der Waals surface area contributed by atoms with Crippen LogP contribution in [0.5, 0.6) is 0 Å². The average Bonchev–Trinajstić information content (AvgIpc) is 3.04. The fourth-order valence-electron chi connectivity index (χ4n) is 2.41. The van der Waals surface area contributed by atoms with Crippen LogP contribution in [0.15, 0.2) is 41.1 Å². The lowest BCUT2D eigenvalue weighted by Crippen LogP contribution is -2.11. The van der Waals surface area contributed by atoms with Gasteiger partial charge in [0.15, 0.2) is 5.76 Å². The molecule has 4 heteroatoms.